The van der Waals surface area contributed by atoms with Crippen LogP contribution in [0.1, 0.15) is 0 Å². The molecule has 0 aromatic heterocycles. The van der Waals surface area contributed by atoms with Crippen LogP contribution in [0.15, 0.2) is 63.3 Å². The van der Waals surface area contributed by atoms with E-state index in [1.165, 1.54) is 6.07 Å². The van der Waals surface area contributed by atoms with Crippen LogP contribution >= 0.6 is 0 Å². The largest absolute Gasteiger partial charge is 0.195 e. The van der Waals surface area contributed by atoms with Gasteiger partial charge in [0.25, 0.3) is 0 Å². The van der Waals surface area contributed by atoms with E-state index in [-0.39, 0.29) is 11.4 Å². The third-order valence-electron chi connectivity index (χ3n) is 2.70. The van der Waals surface area contributed by atoms with Gasteiger partial charge in [-0.05, 0) is 39.8 Å². The van der Waals surface area contributed by atoms with Gasteiger partial charge in [-0.1, -0.05) is 18.2 Å². The number of benzene rings is 2. The Morgan fingerprint density at radius 3 is 1.90 bits per heavy atom. The maximum absolute atomic E-state index is 11.1. The van der Waals surface area contributed by atoms with Crippen molar-refractivity contribution in [1.29, 1.82) is 0 Å². The molecule has 0 aliphatic heterocycles. The SMILES string of the molecule is O=Nc1ccc(N(N=O)c2ccccc2)c(N=O)c1N=O. The molecular weight excluding hydrogens is 278 g/mol. The minimum atomic E-state index is -0.540. The summed E-state index contributed by atoms with van der Waals surface area (Å²) in [4.78, 5) is 43.4. The molecule has 0 atom stereocenters. The lowest BCUT2D eigenvalue weighted by molar-refractivity contribution is 1.07. The molecule has 0 radical (unpaired) electrons. The average Bonchev–Trinajstić information content (AvgIpc) is 2.55. The summed E-state index contributed by atoms with van der Waals surface area (Å²) >= 11 is 0. The van der Waals surface area contributed by atoms with E-state index >= 15 is 0 Å². The van der Waals surface area contributed by atoms with Crippen LogP contribution in [0.3, 0.4) is 0 Å². The Kier molecular flexibility index (Phi) is 4.14. The second-order valence-electron chi connectivity index (χ2n) is 3.80. The molecular formula is C12H7N5O4. The van der Waals surface area contributed by atoms with Crippen LogP contribution in [0.2, 0.25) is 0 Å². The summed E-state index contributed by atoms with van der Waals surface area (Å²) in [5.41, 5.74) is -1.09. The van der Waals surface area contributed by atoms with Crippen LogP contribution in [-0.4, -0.2) is 0 Å². The third-order valence-corrected chi connectivity index (χ3v) is 2.70. The zero-order valence-electron chi connectivity index (χ0n) is 10.4. The van der Waals surface area contributed by atoms with Crippen molar-refractivity contribution in [2.45, 2.75) is 0 Å². The Labute approximate surface area is 117 Å². The number of nitroso groups, excluding NO2 is 4. The average molecular weight is 285 g/mol. The number of rotatable bonds is 6. The van der Waals surface area contributed by atoms with Crippen molar-refractivity contribution in [2.75, 3.05) is 5.01 Å². The molecule has 0 N–H and O–H groups in total. The first-order valence-corrected chi connectivity index (χ1v) is 5.62. The molecule has 0 aliphatic rings. The first kappa shape index (κ1) is 14.1. The van der Waals surface area contributed by atoms with E-state index < -0.39 is 11.4 Å². The van der Waals surface area contributed by atoms with Gasteiger partial charge in [-0.2, -0.15) is 5.01 Å². The molecule has 0 heterocycles. The predicted octanol–water partition coefficient (Wildman–Crippen LogP) is 4.70. The van der Waals surface area contributed by atoms with Gasteiger partial charge in [-0.25, -0.2) is 0 Å². The number of anilines is 2. The van der Waals surface area contributed by atoms with Gasteiger partial charge < -0.3 is 0 Å². The minimum Gasteiger partial charge on any atom is -0.195 e. The standard InChI is InChI=1S/C12H7N5O4/c18-13-9-6-7-10(12(15-20)11(9)14-19)17(16-21)8-4-2-1-3-5-8/h1-7H. The number of hydrogen-bond acceptors (Lipinski definition) is 8. The van der Waals surface area contributed by atoms with Gasteiger partial charge >= 0.3 is 0 Å². The molecule has 0 amide bonds. The van der Waals surface area contributed by atoms with E-state index in [2.05, 4.69) is 20.8 Å². The van der Waals surface area contributed by atoms with Gasteiger partial charge in [-0.3, -0.25) is 0 Å². The summed E-state index contributed by atoms with van der Waals surface area (Å²) in [7, 11) is 0. The summed E-state index contributed by atoms with van der Waals surface area (Å²) in [6.45, 7) is 0. The molecule has 0 fully saturated rings. The van der Waals surface area contributed by atoms with Crippen molar-refractivity contribution < 1.29 is 0 Å². The highest BCUT2D eigenvalue weighted by Crippen LogP contribution is 2.46. The highest BCUT2D eigenvalue weighted by atomic mass is 16.3. The molecule has 0 bridgehead atoms. The summed E-state index contributed by atoms with van der Waals surface area (Å²) in [6.07, 6.45) is 0. The molecule has 0 aliphatic carbocycles. The molecule has 2 aromatic rings. The van der Waals surface area contributed by atoms with Crippen LogP contribution < -0.4 is 5.01 Å². The Hall–Kier alpha value is -3.36. The summed E-state index contributed by atoms with van der Waals surface area (Å²) in [5.74, 6) is 0. The zero-order chi connectivity index (χ0) is 15.2. The van der Waals surface area contributed by atoms with Gasteiger partial charge in [0.1, 0.15) is 11.4 Å². The van der Waals surface area contributed by atoms with Crippen LogP contribution in [0.4, 0.5) is 28.4 Å². The monoisotopic (exact) mass is 285 g/mol. The molecule has 2 aromatic carbocycles. The van der Waals surface area contributed by atoms with Gasteiger partial charge in [-0.15, -0.1) is 19.6 Å². The van der Waals surface area contributed by atoms with Gasteiger partial charge in [0.15, 0.2) is 11.4 Å². The van der Waals surface area contributed by atoms with Crippen LogP contribution in [0, 0.1) is 19.6 Å². The Morgan fingerprint density at radius 1 is 0.714 bits per heavy atom. The first-order valence-electron chi connectivity index (χ1n) is 5.62. The van der Waals surface area contributed by atoms with Crippen molar-refractivity contribution in [3.63, 3.8) is 0 Å². The quantitative estimate of drug-likeness (QED) is 0.562. The van der Waals surface area contributed by atoms with Crippen LogP contribution in [-0.2, 0) is 0 Å². The van der Waals surface area contributed by atoms with Crippen molar-refractivity contribution >= 4 is 28.4 Å². The highest BCUT2D eigenvalue weighted by molar-refractivity contribution is 5.88. The maximum Gasteiger partial charge on any atom is 0.168 e. The van der Waals surface area contributed by atoms with Crippen LogP contribution in [0.5, 0.6) is 0 Å². The maximum atomic E-state index is 11.1. The van der Waals surface area contributed by atoms with Crippen LogP contribution in [0.25, 0.3) is 0 Å². The molecule has 9 nitrogen and oxygen atoms in total. The molecule has 0 saturated carbocycles. The Morgan fingerprint density at radius 2 is 1.38 bits per heavy atom. The third kappa shape index (κ3) is 2.52. The van der Waals surface area contributed by atoms with E-state index in [1.807, 2.05) is 0 Å². The number of para-hydroxylation sites is 1. The second-order valence-corrected chi connectivity index (χ2v) is 3.80. The zero-order valence-corrected chi connectivity index (χ0v) is 10.4. The summed E-state index contributed by atoms with van der Waals surface area (Å²) < 4.78 is 0. The van der Waals surface area contributed by atoms with E-state index in [0.717, 1.165) is 11.1 Å². The highest BCUT2D eigenvalue weighted by Gasteiger charge is 2.22. The molecule has 0 spiro atoms. The van der Waals surface area contributed by atoms with E-state index in [9.17, 15) is 19.6 Å². The summed E-state index contributed by atoms with van der Waals surface area (Å²) in [6, 6.07) is 10.5. The Bertz CT molecular complexity index is 704. The molecule has 0 saturated heterocycles. The lowest BCUT2D eigenvalue weighted by atomic mass is 10.2. The molecule has 21 heavy (non-hydrogen) atoms. The van der Waals surface area contributed by atoms with Crippen molar-refractivity contribution in [2.24, 2.45) is 20.8 Å². The lowest BCUT2D eigenvalue weighted by Gasteiger charge is -2.16. The Balaban J connectivity index is 2.67. The van der Waals surface area contributed by atoms with E-state index in [4.69, 9.17) is 0 Å². The molecule has 0 unspecified atom stereocenters. The van der Waals surface area contributed by atoms with Crippen molar-refractivity contribution in [3.8, 4) is 0 Å². The predicted molar refractivity (Wildman–Crippen MR) is 77.2 cm³/mol. The summed E-state index contributed by atoms with van der Waals surface area (Å²) in [5, 5.41) is 11.5. The normalized spacial score (nSPS) is 9.71. The van der Waals surface area contributed by atoms with Gasteiger partial charge in [0, 0.05) is 0 Å². The fraction of sp³-hybridized carbons (Fsp3) is 0. The topological polar surface area (TPSA) is 121 Å². The van der Waals surface area contributed by atoms with Crippen molar-refractivity contribution in [1.82, 2.24) is 0 Å². The second kappa shape index (κ2) is 6.19. The minimum absolute atomic E-state index is 0.0757. The first-order chi connectivity index (χ1) is 10.3. The van der Waals surface area contributed by atoms with E-state index in [1.54, 1.807) is 30.3 Å². The number of nitrogens with zero attached hydrogens (tertiary/aromatic N) is 5. The molecule has 104 valence electrons. The fourth-order valence-corrected chi connectivity index (χ4v) is 1.78. The molecule has 2 rings (SSSR count). The van der Waals surface area contributed by atoms with Gasteiger partial charge in [0.05, 0.1) is 11.0 Å². The lowest BCUT2D eigenvalue weighted by Crippen LogP contribution is -2.07. The van der Waals surface area contributed by atoms with E-state index in [0.29, 0.717) is 5.69 Å². The number of hydrogen-bond donors (Lipinski definition) is 0. The van der Waals surface area contributed by atoms with Crippen molar-refractivity contribution in [3.05, 3.63) is 62.1 Å². The van der Waals surface area contributed by atoms with Gasteiger partial charge in [0.2, 0.25) is 0 Å². The smallest absolute Gasteiger partial charge is 0.168 e. The fourth-order valence-electron chi connectivity index (χ4n) is 1.78. The molecule has 9 heteroatoms.